The van der Waals surface area contributed by atoms with Crippen LogP contribution in [0.25, 0.3) is 0 Å². The van der Waals surface area contributed by atoms with Crippen LogP contribution in [0.1, 0.15) is 43.1 Å². The van der Waals surface area contributed by atoms with Crippen molar-refractivity contribution in [3.8, 4) is 5.75 Å². The lowest BCUT2D eigenvalue weighted by Gasteiger charge is -2.31. The number of nitrogens with one attached hydrogen (secondary N) is 3. The molecule has 36 heavy (non-hydrogen) atoms. The molecule has 194 valence electrons. The lowest BCUT2D eigenvalue weighted by atomic mass is 9.98. The van der Waals surface area contributed by atoms with E-state index >= 15 is 0 Å². The van der Waals surface area contributed by atoms with Crippen LogP contribution in [-0.2, 0) is 11.3 Å². The van der Waals surface area contributed by atoms with Crippen LogP contribution in [0.2, 0.25) is 0 Å². The van der Waals surface area contributed by atoms with Crippen molar-refractivity contribution in [1.82, 2.24) is 15.5 Å². The van der Waals surface area contributed by atoms with Gasteiger partial charge in [-0.2, -0.15) is 0 Å². The highest BCUT2D eigenvalue weighted by Crippen LogP contribution is 2.20. The standard InChI is InChI=1S/C26H33N5O4.CH4/c1-2-34-26(33)31-15-11-20(12-16-31)18-35-23-9-5-21(6-10-23)24(32)29-17-19-3-7-22(8-4-19)30-25-27-13-14-28-25;/h3-10,20H,2,11-18H2,1H3,(H,29,32)(H2,27,28,30);1H4. The molecule has 1 saturated heterocycles. The molecular weight excluding hydrogens is 458 g/mol. The van der Waals surface area contributed by atoms with Gasteiger partial charge in [0.2, 0.25) is 0 Å². The first-order valence-electron chi connectivity index (χ1n) is 12.2. The molecule has 2 amide bonds. The summed E-state index contributed by atoms with van der Waals surface area (Å²) in [4.78, 5) is 30.4. The largest absolute Gasteiger partial charge is 0.493 e. The molecular formula is C27H37N5O4. The lowest BCUT2D eigenvalue weighted by molar-refractivity contribution is 0.0844. The minimum absolute atomic E-state index is 0. The van der Waals surface area contributed by atoms with Crippen LogP contribution in [0.15, 0.2) is 53.5 Å². The molecule has 9 heteroatoms. The summed E-state index contributed by atoms with van der Waals surface area (Å²) in [5.41, 5.74) is 2.55. The Morgan fingerprint density at radius 1 is 1.08 bits per heavy atom. The van der Waals surface area contributed by atoms with Crippen molar-refractivity contribution in [3.63, 3.8) is 0 Å². The summed E-state index contributed by atoms with van der Waals surface area (Å²) in [5.74, 6) is 1.79. The smallest absolute Gasteiger partial charge is 0.409 e. The molecule has 3 N–H and O–H groups in total. The number of carbonyl (C=O) groups excluding carboxylic acids is 2. The average Bonchev–Trinajstić information content (AvgIpc) is 3.41. The SMILES string of the molecule is C.CCOC(=O)N1CCC(COc2ccc(C(=O)NCc3ccc(NC4=NCCN4)cc3)cc2)CC1. The van der Waals surface area contributed by atoms with Crippen LogP contribution in [0, 0.1) is 5.92 Å². The van der Waals surface area contributed by atoms with E-state index in [0.717, 1.165) is 48.9 Å². The highest BCUT2D eigenvalue weighted by atomic mass is 16.6. The normalized spacial score (nSPS) is 15.2. The van der Waals surface area contributed by atoms with Crippen LogP contribution < -0.4 is 20.7 Å². The topological polar surface area (TPSA) is 104 Å². The minimum atomic E-state index is -0.234. The Morgan fingerprint density at radius 2 is 1.81 bits per heavy atom. The summed E-state index contributed by atoms with van der Waals surface area (Å²) in [5, 5.41) is 9.35. The Balaban J connectivity index is 0.00000361. The van der Waals surface area contributed by atoms with Gasteiger partial charge in [0.25, 0.3) is 5.91 Å². The maximum atomic E-state index is 12.5. The number of piperidine rings is 1. The van der Waals surface area contributed by atoms with Crippen molar-refractivity contribution in [2.75, 3.05) is 44.7 Å². The van der Waals surface area contributed by atoms with Crippen molar-refractivity contribution in [1.29, 1.82) is 0 Å². The molecule has 2 aliphatic rings. The van der Waals surface area contributed by atoms with E-state index < -0.39 is 0 Å². The second kappa shape index (κ2) is 13.4. The van der Waals surface area contributed by atoms with Gasteiger partial charge in [-0.3, -0.25) is 9.79 Å². The van der Waals surface area contributed by atoms with Gasteiger partial charge in [0, 0.05) is 37.4 Å². The Labute approximate surface area is 213 Å². The number of ether oxygens (including phenoxy) is 2. The Morgan fingerprint density at radius 3 is 2.44 bits per heavy atom. The van der Waals surface area contributed by atoms with E-state index in [9.17, 15) is 9.59 Å². The molecule has 0 aromatic heterocycles. The molecule has 0 spiro atoms. The van der Waals surface area contributed by atoms with Gasteiger partial charge in [0.15, 0.2) is 5.96 Å². The first-order chi connectivity index (χ1) is 17.1. The summed E-state index contributed by atoms with van der Waals surface area (Å²) in [6.07, 6.45) is 1.55. The number of carbonyl (C=O) groups is 2. The third kappa shape index (κ3) is 7.63. The van der Waals surface area contributed by atoms with Gasteiger partial charge in [0.1, 0.15) is 5.75 Å². The fourth-order valence-electron chi connectivity index (χ4n) is 4.02. The zero-order valence-electron chi connectivity index (χ0n) is 20.1. The number of amides is 2. The van der Waals surface area contributed by atoms with E-state index in [1.54, 1.807) is 17.0 Å². The summed E-state index contributed by atoms with van der Waals surface area (Å²) in [6.45, 7) is 6.29. The molecule has 0 saturated carbocycles. The highest BCUT2D eigenvalue weighted by molar-refractivity contribution is 5.95. The molecule has 0 aliphatic carbocycles. The third-order valence-corrected chi connectivity index (χ3v) is 6.09. The molecule has 0 radical (unpaired) electrons. The quantitative estimate of drug-likeness (QED) is 0.514. The van der Waals surface area contributed by atoms with E-state index in [1.807, 2.05) is 43.3 Å². The number of aliphatic imine (C=N–C) groups is 1. The van der Waals surface area contributed by atoms with Crippen LogP contribution in [0.5, 0.6) is 5.75 Å². The van der Waals surface area contributed by atoms with Gasteiger partial charge in [-0.05, 0) is 67.6 Å². The van der Waals surface area contributed by atoms with Gasteiger partial charge in [-0.25, -0.2) is 4.79 Å². The van der Waals surface area contributed by atoms with Crippen LogP contribution in [-0.4, -0.2) is 62.3 Å². The van der Waals surface area contributed by atoms with Crippen LogP contribution in [0.4, 0.5) is 10.5 Å². The zero-order chi connectivity index (χ0) is 24.5. The van der Waals surface area contributed by atoms with Gasteiger partial charge >= 0.3 is 6.09 Å². The Kier molecular flexibility index (Phi) is 9.97. The van der Waals surface area contributed by atoms with E-state index in [4.69, 9.17) is 9.47 Å². The van der Waals surface area contributed by atoms with Gasteiger partial charge < -0.3 is 30.3 Å². The van der Waals surface area contributed by atoms with E-state index in [1.165, 1.54) is 0 Å². The third-order valence-electron chi connectivity index (χ3n) is 6.09. The summed E-state index contributed by atoms with van der Waals surface area (Å²) in [7, 11) is 0. The number of guanidine groups is 1. The monoisotopic (exact) mass is 495 g/mol. The number of benzene rings is 2. The minimum Gasteiger partial charge on any atom is -0.493 e. The molecule has 1 fully saturated rings. The molecule has 0 atom stereocenters. The predicted octanol–water partition coefficient (Wildman–Crippen LogP) is 3.87. The molecule has 2 aliphatic heterocycles. The molecule has 2 aromatic carbocycles. The van der Waals surface area contributed by atoms with Crippen molar-refractivity contribution in [2.45, 2.75) is 33.7 Å². The lowest BCUT2D eigenvalue weighted by Crippen LogP contribution is -2.40. The van der Waals surface area contributed by atoms with Gasteiger partial charge in [0.05, 0.1) is 19.8 Å². The summed E-state index contributed by atoms with van der Waals surface area (Å²) >= 11 is 0. The number of hydrogen-bond acceptors (Lipinski definition) is 7. The number of rotatable bonds is 8. The number of anilines is 1. The average molecular weight is 496 g/mol. The first-order valence-corrected chi connectivity index (χ1v) is 12.2. The molecule has 9 nitrogen and oxygen atoms in total. The van der Waals surface area contributed by atoms with Gasteiger partial charge in [-0.15, -0.1) is 0 Å². The van der Waals surface area contributed by atoms with Crippen molar-refractivity contribution >= 4 is 23.6 Å². The first kappa shape index (κ1) is 26.8. The number of hydrogen-bond donors (Lipinski definition) is 3. The van der Waals surface area contributed by atoms with Crippen LogP contribution in [0.3, 0.4) is 0 Å². The Bertz CT molecular complexity index is 1020. The molecule has 2 heterocycles. The van der Waals surface area contributed by atoms with Crippen LogP contribution >= 0.6 is 0 Å². The van der Waals surface area contributed by atoms with Crippen molar-refractivity contribution < 1.29 is 19.1 Å². The van der Waals surface area contributed by atoms with Crippen molar-refractivity contribution in [3.05, 3.63) is 59.7 Å². The van der Waals surface area contributed by atoms with Gasteiger partial charge in [-0.1, -0.05) is 19.6 Å². The number of likely N-dealkylation sites (tertiary alicyclic amines) is 1. The molecule has 0 bridgehead atoms. The second-order valence-corrected chi connectivity index (χ2v) is 8.63. The summed E-state index contributed by atoms with van der Waals surface area (Å²) < 4.78 is 11.0. The second-order valence-electron chi connectivity index (χ2n) is 8.63. The van der Waals surface area contributed by atoms with E-state index in [0.29, 0.717) is 44.3 Å². The van der Waals surface area contributed by atoms with E-state index in [2.05, 4.69) is 20.9 Å². The zero-order valence-corrected chi connectivity index (χ0v) is 20.1. The maximum Gasteiger partial charge on any atom is 0.409 e. The van der Waals surface area contributed by atoms with E-state index in [-0.39, 0.29) is 19.4 Å². The fourth-order valence-corrected chi connectivity index (χ4v) is 4.02. The Hall–Kier alpha value is -3.75. The molecule has 0 unspecified atom stereocenters. The molecule has 2 aromatic rings. The fraction of sp³-hybridized carbons (Fsp3) is 0.444. The number of nitrogens with zero attached hydrogens (tertiary/aromatic N) is 2. The highest BCUT2D eigenvalue weighted by Gasteiger charge is 2.24. The molecule has 4 rings (SSSR count). The maximum absolute atomic E-state index is 12.5. The summed E-state index contributed by atoms with van der Waals surface area (Å²) in [6, 6.07) is 15.1. The van der Waals surface area contributed by atoms with Crippen molar-refractivity contribution in [2.24, 2.45) is 10.9 Å². The predicted molar refractivity (Wildman–Crippen MR) is 142 cm³/mol.